The highest BCUT2D eigenvalue weighted by Gasteiger charge is 2.58. The van der Waals surface area contributed by atoms with E-state index in [1.54, 1.807) is 30.5 Å². The van der Waals surface area contributed by atoms with Crippen molar-refractivity contribution in [2.45, 2.75) is 10.9 Å². The van der Waals surface area contributed by atoms with Crippen molar-refractivity contribution in [3.8, 4) is 0 Å². The number of hydrogen-bond donors (Lipinski definition) is 2. The standard InChI is InChI=1S/C23H22N4O3S/c1-2-22(28)26-23-19-13-27(14-20(19)23)31(29,30)18-9-7-17(8-10-18)25-21-11-15-5-3-4-6-16(15)12-24-21/h2-12,19-20,23H,1,13-14H2,(H,24,25)(H,26,28). The second-order valence-electron chi connectivity index (χ2n) is 7.95. The molecule has 2 atom stereocenters. The van der Waals surface area contributed by atoms with Crippen LogP contribution in [-0.2, 0) is 14.8 Å². The van der Waals surface area contributed by atoms with Crippen molar-refractivity contribution in [2.24, 2.45) is 11.8 Å². The highest BCUT2D eigenvalue weighted by Crippen LogP contribution is 2.47. The zero-order chi connectivity index (χ0) is 21.6. The maximum absolute atomic E-state index is 13.0. The molecule has 2 fully saturated rings. The van der Waals surface area contributed by atoms with Crippen LogP contribution in [0.5, 0.6) is 0 Å². The first kappa shape index (κ1) is 19.7. The predicted molar refractivity (Wildman–Crippen MR) is 119 cm³/mol. The number of rotatable bonds is 6. The molecule has 0 spiro atoms. The Kier molecular flexibility index (Phi) is 4.75. The lowest BCUT2D eigenvalue weighted by Gasteiger charge is -2.20. The fourth-order valence-corrected chi connectivity index (χ4v) is 5.80. The molecule has 0 bridgehead atoms. The van der Waals surface area contributed by atoms with Crippen LogP contribution in [0.1, 0.15) is 0 Å². The molecule has 2 unspecified atom stereocenters. The number of sulfonamides is 1. The largest absolute Gasteiger partial charge is 0.349 e. The number of carbonyl (C=O) groups excluding carboxylic acids is 1. The van der Waals surface area contributed by atoms with Crippen LogP contribution in [0.25, 0.3) is 10.8 Å². The number of aromatic nitrogens is 1. The van der Waals surface area contributed by atoms with Gasteiger partial charge in [-0.2, -0.15) is 4.31 Å². The van der Waals surface area contributed by atoms with Crippen LogP contribution in [0.15, 0.2) is 78.3 Å². The van der Waals surface area contributed by atoms with Gasteiger partial charge >= 0.3 is 0 Å². The highest BCUT2D eigenvalue weighted by molar-refractivity contribution is 7.89. The van der Waals surface area contributed by atoms with E-state index in [2.05, 4.69) is 22.2 Å². The summed E-state index contributed by atoms with van der Waals surface area (Å²) in [6.07, 6.45) is 3.05. The van der Waals surface area contributed by atoms with Gasteiger partial charge in [0.2, 0.25) is 15.9 Å². The molecule has 3 aromatic rings. The molecule has 2 N–H and O–H groups in total. The number of anilines is 2. The minimum absolute atomic E-state index is 0.0537. The van der Waals surface area contributed by atoms with Gasteiger partial charge in [0.05, 0.1) is 4.90 Å². The molecule has 158 valence electrons. The Morgan fingerprint density at radius 2 is 1.74 bits per heavy atom. The Hall–Kier alpha value is -3.23. The third-order valence-electron chi connectivity index (χ3n) is 6.05. The summed E-state index contributed by atoms with van der Waals surface area (Å²) in [5, 5.41) is 8.22. The average molecular weight is 435 g/mol. The fraction of sp³-hybridized carbons (Fsp3) is 0.217. The van der Waals surface area contributed by atoms with Gasteiger partial charge in [0.25, 0.3) is 0 Å². The first-order chi connectivity index (χ1) is 15.0. The minimum atomic E-state index is -3.56. The third kappa shape index (κ3) is 3.68. The lowest BCUT2D eigenvalue weighted by atomic mass is 10.2. The molecule has 1 saturated carbocycles. The van der Waals surface area contributed by atoms with E-state index >= 15 is 0 Å². The summed E-state index contributed by atoms with van der Waals surface area (Å²) < 4.78 is 27.5. The number of amides is 1. The Bertz CT molecular complexity index is 1260. The quantitative estimate of drug-likeness (QED) is 0.582. The fourth-order valence-electron chi connectivity index (χ4n) is 4.28. The summed E-state index contributed by atoms with van der Waals surface area (Å²) in [5.74, 6) is 0.844. The Labute approximate surface area is 180 Å². The van der Waals surface area contributed by atoms with Crippen LogP contribution in [0, 0.1) is 11.8 Å². The van der Waals surface area contributed by atoms with E-state index in [1.807, 2.05) is 30.3 Å². The lowest BCUT2D eigenvalue weighted by Crippen LogP contribution is -2.36. The van der Waals surface area contributed by atoms with Crippen molar-refractivity contribution in [3.63, 3.8) is 0 Å². The van der Waals surface area contributed by atoms with E-state index in [9.17, 15) is 13.2 Å². The second kappa shape index (κ2) is 7.47. The van der Waals surface area contributed by atoms with Crippen LogP contribution in [0.2, 0.25) is 0 Å². The molecular weight excluding hydrogens is 412 g/mol. The molecule has 7 nitrogen and oxygen atoms in total. The number of benzene rings is 2. The van der Waals surface area contributed by atoms with Gasteiger partial charge < -0.3 is 10.6 Å². The van der Waals surface area contributed by atoms with E-state index in [0.29, 0.717) is 18.9 Å². The van der Waals surface area contributed by atoms with Gasteiger partial charge in [-0.1, -0.05) is 30.8 Å². The van der Waals surface area contributed by atoms with Gasteiger partial charge in [-0.25, -0.2) is 13.4 Å². The minimum Gasteiger partial charge on any atom is -0.349 e. The number of carbonyl (C=O) groups is 1. The number of hydrogen-bond acceptors (Lipinski definition) is 5. The number of fused-ring (bicyclic) bond motifs is 2. The maximum atomic E-state index is 13.0. The molecule has 31 heavy (non-hydrogen) atoms. The van der Waals surface area contributed by atoms with Crippen LogP contribution >= 0.6 is 0 Å². The van der Waals surface area contributed by atoms with E-state index in [4.69, 9.17) is 0 Å². The van der Waals surface area contributed by atoms with Gasteiger partial charge in [-0.3, -0.25) is 4.79 Å². The predicted octanol–water partition coefficient (Wildman–Crippen LogP) is 2.90. The van der Waals surface area contributed by atoms with Gasteiger partial charge in [0.1, 0.15) is 5.82 Å². The van der Waals surface area contributed by atoms with E-state index in [1.165, 1.54) is 10.4 Å². The third-order valence-corrected chi connectivity index (χ3v) is 7.90. The molecule has 1 aromatic heterocycles. The first-order valence-electron chi connectivity index (χ1n) is 10.1. The summed E-state index contributed by atoms with van der Waals surface area (Å²) in [7, 11) is -3.56. The van der Waals surface area contributed by atoms with Crippen LogP contribution < -0.4 is 10.6 Å². The normalized spacial score (nSPS) is 22.6. The number of nitrogens with one attached hydrogen (secondary N) is 2. The monoisotopic (exact) mass is 434 g/mol. The van der Waals surface area contributed by atoms with Crippen molar-refractivity contribution in [1.29, 1.82) is 0 Å². The molecule has 1 aliphatic carbocycles. The Balaban J connectivity index is 1.25. The number of piperidine rings is 1. The van der Waals surface area contributed by atoms with Gasteiger partial charge in [0, 0.05) is 36.4 Å². The van der Waals surface area contributed by atoms with Gasteiger partial charge in [-0.05, 0) is 53.6 Å². The van der Waals surface area contributed by atoms with E-state index < -0.39 is 10.0 Å². The molecule has 1 amide bonds. The van der Waals surface area contributed by atoms with E-state index in [0.717, 1.165) is 16.5 Å². The molecule has 2 aromatic carbocycles. The lowest BCUT2D eigenvalue weighted by molar-refractivity contribution is -0.116. The van der Waals surface area contributed by atoms with Crippen molar-refractivity contribution >= 4 is 38.2 Å². The zero-order valence-corrected chi connectivity index (χ0v) is 17.5. The van der Waals surface area contributed by atoms with E-state index in [-0.39, 0.29) is 28.7 Å². The summed E-state index contributed by atoms with van der Waals surface area (Å²) in [4.78, 5) is 16.1. The first-order valence-corrected chi connectivity index (χ1v) is 11.5. The van der Waals surface area contributed by atoms with Crippen molar-refractivity contribution in [2.75, 3.05) is 18.4 Å². The Morgan fingerprint density at radius 1 is 1.06 bits per heavy atom. The van der Waals surface area contributed by atoms with Crippen molar-refractivity contribution in [1.82, 2.24) is 14.6 Å². The smallest absolute Gasteiger partial charge is 0.243 e. The molecule has 1 saturated heterocycles. The van der Waals surface area contributed by atoms with Crippen LogP contribution in [0.4, 0.5) is 11.5 Å². The highest BCUT2D eigenvalue weighted by atomic mass is 32.2. The van der Waals surface area contributed by atoms with Crippen molar-refractivity contribution in [3.05, 3.63) is 73.4 Å². The summed E-state index contributed by atoms with van der Waals surface area (Å²) in [5.41, 5.74) is 0.762. The molecule has 0 radical (unpaired) electrons. The van der Waals surface area contributed by atoms with Crippen LogP contribution in [-0.4, -0.2) is 42.7 Å². The molecule has 2 heterocycles. The SMILES string of the molecule is C=CC(=O)NC1C2CN(S(=O)(=O)c3ccc(Nc4cc5ccccc5cn4)cc3)CC21. The second-order valence-corrected chi connectivity index (χ2v) is 9.89. The number of nitrogens with zero attached hydrogens (tertiary/aromatic N) is 2. The maximum Gasteiger partial charge on any atom is 0.243 e. The zero-order valence-electron chi connectivity index (χ0n) is 16.7. The summed E-state index contributed by atoms with van der Waals surface area (Å²) in [6, 6.07) is 16.7. The average Bonchev–Trinajstić information content (AvgIpc) is 3.20. The van der Waals surface area contributed by atoms with Crippen LogP contribution in [0.3, 0.4) is 0 Å². The van der Waals surface area contributed by atoms with Gasteiger partial charge in [-0.15, -0.1) is 0 Å². The molecule has 2 aliphatic rings. The molecular formula is C23H22N4O3S. The summed E-state index contributed by atoms with van der Waals surface area (Å²) >= 11 is 0. The summed E-state index contributed by atoms with van der Waals surface area (Å²) in [6.45, 7) is 4.30. The molecule has 1 aliphatic heterocycles. The topological polar surface area (TPSA) is 91.4 Å². The molecule has 5 rings (SSSR count). The van der Waals surface area contributed by atoms with Crippen molar-refractivity contribution < 1.29 is 13.2 Å². The number of pyridine rings is 1. The Morgan fingerprint density at radius 3 is 2.42 bits per heavy atom. The van der Waals surface area contributed by atoms with Gasteiger partial charge in [0.15, 0.2) is 0 Å². The molecule has 8 heteroatoms.